The van der Waals surface area contributed by atoms with E-state index >= 15 is 0 Å². The van der Waals surface area contributed by atoms with Crippen molar-refractivity contribution in [1.82, 2.24) is 14.8 Å². The third-order valence-electron chi connectivity index (χ3n) is 4.12. The van der Waals surface area contributed by atoms with E-state index in [0.717, 1.165) is 0 Å². The molecule has 2 aromatic rings. The highest BCUT2D eigenvalue weighted by Gasteiger charge is 2.43. The third-order valence-corrected chi connectivity index (χ3v) is 6.15. The molecular formula is C14H13F2N3O2S. The first-order chi connectivity index (χ1) is 10.5. The van der Waals surface area contributed by atoms with Gasteiger partial charge in [0.15, 0.2) is 12.0 Å². The highest BCUT2D eigenvalue weighted by molar-refractivity contribution is 7.92. The lowest BCUT2D eigenvalue weighted by atomic mass is 10.0. The highest BCUT2D eigenvalue weighted by Crippen LogP contribution is 2.41. The molecule has 1 aromatic heterocycles. The number of alkyl halides is 1. The van der Waals surface area contributed by atoms with Gasteiger partial charge in [0.1, 0.15) is 5.82 Å². The number of hydrogen-bond donors (Lipinski definition) is 0. The molecule has 1 aliphatic heterocycles. The van der Waals surface area contributed by atoms with Crippen molar-refractivity contribution in [3.05, 3.63) is 41.5 Å². The Hall–Kier alpha value is -1.83. The Balaban J connectivity index is 1.76. The van der Waals surface area contributed by atoms with Crippen LogP contribution in [0.4, 0.5) is 8.78 Å². The number of aromatic nitrogens is 3. The number of fused-ring (bicyclic) bond motifs is 1. The summed E-state index contributed by atoms with van der Waals surface area (Å²) in [6, 6.07) is 5.23. The van der Waals surface area contributed by atoms with Gasteiger partial charge in [-0.15, -0.1) is 5.10 Å². The summed E-state index contributed by atoms with van der Waals surface area (Å²) < 4.78 is 52.9. The maximum Gasteiger partial charge on any atom is 0.267 e. The van der Waals surface area contributed by atoms with Crippen LogP contribution in [-0.4, -0.2) is 28.4 Å². The molecule has 0 spiro atoms. The minimum Gasteiger partial charge on any atom is -0.239 e. The predicted molar refractivity (Wildman–Crippen MR) is 73.2 cm³/mol. The first kappa shape index (κ1) is 13.8. The lowest BCUT2D eigenvalue weighted by Crippen LogP contribution is -2.12. The van der Waals surface area contributed by atoms with Crippen molar-refractivity contribution in [1.29, 1.82) is 0 Å². The van der Waals surface area contributed by atoms with Gasteiger partial charge in [-0.05, 0) is 30.5 Å². The molecule has 1 aromatic carbocycles. The Labute approximate surface area is 125 Å². The second-order valence-electron chi connectivity index (χ2n) is 5.71. The van der Waals surface area contributed by atoms with Crippen molar-refractivity contribution < 1.29 is 17.2 Å². The number of benzene rings is 1. The summed E-state index contributed by atoms with van der Waals surface area (Å²) in [4.78, 5) is 3.91. The average molecular weight is 325 g/mol. The summed E-state index contributed by atoms with van der Waals surface area (Å²) in [6.07, 6.45) is -0.0324. The fraction of sp³-hybridized carbons (Fsp3) is 0.429. The maximum absolute atomic E-state index is 14.2. The van der Waals surface area contributed by atoms with Gasteiger partial charge in [-0.3, -0.25) is 0 Å². The summed E-state index contributed by atoms with van der Waals surface area (Å²) >= 11 is 0. The fourth-order valence-corrected chi connectivity index (χ4v) is 4.25. The molecule has 1 fully saturated rings. The Morgan fingerprint density at radius 3 is 2.50 bits per heavy atom. The molecule has 116 valence electrons. The van der Waals surface area contributed by atoms with Crippen LogP contribution in [-0.2, 0) is 9.84 Å². The van der Waals surface area contributed by atoms with E-state index in [9.17, 15) is 17.2 Å². The quantitative estimate of drug-likeness (QED) is 0.869. The molecule has 0 N–H and O–H groups in total. The topological polar surface area (TPSA) is 64.8 Å². The van der Waals surface area contributed by atoms with Crippen molar-refractivity contribution >= 4 is 9.84 Å². The normalized spacial score (nSPS) is 24.5. The molecule has 22 heavy (non-hydrogen) atoms. The number of sulfone groups is 1. The van der Waals surface area contributed by atoms with Crippen molar-refractivity contribution in [2.24, 2.45) is 0 Å². The van der Waals surface area contributed by atoms with Gasteiger partial charge >= 0.3 is 0 Å². The molecule has 0 unspecified atom stereocenters. The van der Waals surface area contributed by atoms with Crippen molar-refractivity contribution in [2.75, 3.05) is 0 Å². The third kappa shape index (κ3) is 2.05. The largest absolute Gasteiger partial charge is 0.267 e. The van der Waals surface area contributed by atoms with Gasteiger partial charge < -0.3 is 0 Å². The van der Waals surface area contributed by atoms with E-state index in [4.69, 9.17) is 0 Å². The van der Waals surface area contributed by atoms with Crippen LogP contribution in [0.25, 0.3) is 0 Å². The SMILES string of the molecule is O=S(=O)(c1nc2n(n1)[C@H](c1ccc(F)cc1)C[C@@H]2F)C1CC1. The second kappa shape index (κ2) is 4.58. The van der Waals surface area contributed by atoms with Gasteiger partial charge in [0.05, 0.1) is 11.3 Å². The molecule has 0 saturated heterocycles. The second-order valence-corrected chi connectivity index (χ2v) is 7.83. The van der Waals surface area contributed by atoms with Crippen molar-refractivity contribution in [3.63, 3.8) is 0 Å². The van der Waals surface area contributed by atoms with E-state index in [1.54, 1.807) is 12.1 Å². The van der Waals surface area contributed by atoms with E-state index in [1.807, 2.05) is 0 Å². The molecule has 8 heteroatoms. The van der Waals surface area contributed by atoms with Crippen LogP contribution in [0.3, 0.4) is 0 Å². The minimum absolute atomic E-state index is 0.0357. The zero-order chi connectivity index (χ0) is 15.5. The van der Waals surface area contributed by atoms with Gasteiger partial charge in [0.25, 0.3) is 5.16 Å². The maximum atomic E-state index is 14.2. The Morgan fingerprint density at radius 1 is 1.18 bits per heavy atom. The Bertz CT molecular complexity index is 828. The van der Waals surface area contributed by atoms with Crippen LogP contribution in [0, 0.1) is 5.82 Å². The summed E-state index contributed by atoms with van der Waals surface area (Å²) in [5.74, 6) is -0.345. The Kier molecular flexibility index (Phi) is 2.87. The summed E-state index contributed by atoms with van der Waals surface area (Å²) in [7, 11) is -3.55. The summed E-state index contributed by atoms with van der Waals surface area (Å²) in [6.45, 7) is 0. The van der Waals surface area contributed by atoms with Crippen LogP contribution in [0.1, 0.15) is 42.9 Å². The molecule has 1 saturated carbocycles. The van der Waals surface area contributed by atoms with Crippen LogP contribution >= 0.6 is 0 Å². The van der Waals surface area contributed by atoms with Crippen LogP contribution < -0.4 is 0 Å². The highest BCUT2D eigenvalue weighted by atomic mass is 32.2. The van der Waals surface area contributed by atoms with E-state index in [-0.39, 0.29) is 23.2 Å². The first-order valence-corrected chi connectivity index (χ1v) is 8.61. The van der Waals surface area contributed by atoms with Gasteiger partial charge in [-0.2, -0.15) is 4.98 Å². The van der Waals surface area contributed by atoms with Crippen molar-refractivity contribution in [2.45, 2.75) is 41.9 Å². The first-order valence-electron chi connectivity index (χ1n) is 7.06. The Morgan fingerprint density at radius 2 is 1.86 bits per heavy atom. The fourth-order valence-electron chi connectivity index (χ4n) is 2.77. The van der Waals surface area contributed by atoms with Gasteiger partial charge in [0.2, 0.25) is 9.84 Å². The lowest BCUT2D eigenvalue weighted by Gasteiger charge is -2.11. The molecule has 1 aliphatic carbocycles. The summed E-state index contributed by atoms with van der Waals surface area (Å²) in [5.41, 5.74) is 0.683. The number of rotatable bonds is 3. The zero-order valence-corrected chi connectivity index (χ0v) is 12.3. The molecule has 0 bridgehead atoms. The lowest BCUT2D eigenvalue weighted by molar-refractivity contribution is 0.326. The average Bonchev–Trinajstić information content (AvgIpc) is 3.18. The molecule has 2 aliphatic rings. The number of halogens is 2. The van der Waals surface area contributed by atoms with Crippen LogP contribution in [0.15, 0.2) is 29.4 Å². The molecule has 0 radical (unpaired) electrons. The molecular weight excluding hydrogens is 312 g/mol. The molecule has 4 rings (SSSR count). The molecule has 2 heterocycles. The van der Waals surface area contributed by atoms with E-state index in [1.165, 1.54) is 16.8 Å². The number of nitrogens with zero attached hydrogens (tertiary/aromatic N) is 3. The minimum atomic E-state index is -3.55. The zero-order valence-electron chi connectivity index (χ0n) is 11.5. The molecule has 2 atom stereocenters. The van der Waals surface area contributed by atoms with Gasteiger partial charge in [-0.1, -0.05) is 12.1 Å². The van der Waals surface area contributed by atoms with E-state index in [2.05, 4.69) is 10.1 Å². The monoisotopic (exact) mass is 325 g/mol. The van der Waals surface area contributed by atoms with E-state index in [0.29, 0.717) is 18.4 Å². The number of hydrogen-bond acceptors (Lipinski definition) is 4. The van der Waals surface area contributed by atoms with E-state index < -0.39 is 27.3 Å². The smallest absolute Gasteiger partial charge is 0.239 e. The van der Waals surface area contributed by atoms with Crippen LogP contribution in [0.2, 0.25) is 0 Å². The van der Waals surface area contributed by atoms with Crippen LogP contribution in [0.5, 0.6) is 0 Å². The van der Waals surface area contributed by atoms with Gasteiger partial charge in [0, 0.05) is 6.42 Å². The predicted octanol–water partition coefficient (Wildman–Crippen LogP) is 2.36. The summed E-state index contributed by atoms with van der Waals surface area (Å²) in [5, 5.41) is 3.31. The standard InChI is InChI=1S/C14H13F2N3O2S/c15-9-3-1-8(2-4-9)12-7-11(16)13-17-14(18-19(12)13)22(20,21)10-5-6-10/h1-4,10-12H,5-7H2/t11-,12-/m0/s1. The molecule has 0 amide bonds. The van der Waals surface area contributed by atoms with Gasteiger partial charge in [-0.25, -0.2) is 21.9 Å². The molecule has 5 nitrogen and oxygen atoms in total. The van der Waals surface area contributed by atoms with Crippen molar-refractivity contribution in [3.8, 4) is 0 Å².